The molecule has 0 aromatic heterocycles. The van der Waals surface area contributed by atoms with Gasteiger partial charge in [-0.05, 0) is 48.7 Å². The summed E-state index contributed by atoms with van der Waals surface area (Å²) in [4.78, 5) is 30.1. The van der Waals surface area contributed by atoms with Crippen LogP contribution in [0.2, 0.25) is 0 Å². The summed E-state index contributed by atoms with van der Waals surface area (Å²) >= 11 is 0. The number of nitrogens with zero attached hydrogens (tertiary/aromatic N) is 3. The van der Waals surface area contributed by atoms with Crippen LogP contribution in [0.3, 0.4) is 0 Å². The van der Waals surface area contributed by atoms with Gasteiger partial charge in [-0.15, -0.1) is 0 Å². The third kappa shape index (κ3) is 2.82. The zero-order valence-electron chi connectivity index (χ0n) is 19.1. The smallest absolute Gasteiger partial charge is 0.261 e. The summed E-state index contributed by atoms with van der Waals surface area (Å²) in [6.45, 7) is 4.06. The predicted molar refractivity (Wildman–Crippen MR) is 129 cm³/mol. The highest BCUT2D eigenvalue weighted by Crippen LogP contribution is 2.59. The number of anilines is 1. The molecule has 6 heteroatoms. The van der Waals surface area contributed by atoms with E-state index in [4.69, 9.17) is 4.74 Å². The first kappa shape index (κ1) is 21.1. The van der Waals surface area contributed by atoms with Crippen molar-refractivity contribution in [3.05, 3.63) is 96.1 Å². The molecule has 0 N–H and O–H groups in total. The number of ether oxygens (including phenoxy) is 1. The van der Waals surface area contributed by atoms with Crippen molar-refractivity contribution < 1.29 is 14.3 Å². The predicted octanol–water partition coefficient (Wildman–Crippen LogP) is 4.15. The summed E-state index contributed by atoms with van der Waals surface area (Å²) in [5.41, 5.74) is 1.46. The first-order chi connectivity index (χ1) is 16.7. The van der Waals surface area contributed by atoms with Crippen molar-refractivity contribution in [2.24, 2.45) is 5.92 Å². The molecule has 3 aromatic carbocycles. The molecule has 172 valence electrons. The Morgan fingerprint density at radius 2 is 1.56 bits per heavy atom. The Kier molecular flexibility index (Phi) is 5.01. The first-order valence-electron chi connectivity index (χ1n) is 11.9. The van der Waals surface area contributed by atoms with Crippen molar-refractivity contribution in [1.82, 2.24) is 10.0 Å². The number of hydrogen-bond acceptors (Lipinski definition) is 5. The fourth-order valence-corrected chi connectivity index (χ4v) is 6.09. The summed E-state index contributed by atoms with van der Waals surface area (Å²) in [6.07, 6.45) is 0.954. The lowest BCUT2D eigenvalue weighted by atomic mass is 9.75. The van der Waals surface area contributed by atoms with E-state index in [9.17, 15) is 9.59 Å². The molecule has 0 aliphatic carbocycles. The standard InChI is InChI=1S/C28H27N3O3/c1-2-34-23-16-14-22(15-17-23)31-26(32)24-25(20-10-5-3-6-11-20)29-18-9-19-30(29)28(24,27(31)33)21-12-7-4-8-13-21/h3-8,10-17,24-25H,2,9,18-19H2,1H3/t24-,25-,28+/m1/s1. The van der Waals surface area contributed by atoms with E-state index < -0.39 is 11.5 Å². The summed E-state index contributed by atoms with van der Waals surface area (Å²) in [7, 11) is 0. The molecule has 3 aliphatic rings. The zero-order valence-corrected chi connectivity index (χ0v) is 19.1. The van der Waals surface area contributed by atoms with Crippen LogP contribution in [-0.2, 0) is 15.1 Å². The van der Waals surface area contributed by atoms with Gasteiger partial charge in [-0.25, -0.2) is 14.9 Å². The minimum Gasteiger partial charge on any atom is -0.494 e. The monoisotopic (exact) mass is 453 g/mol. The van der Waals surface area contributed by atoms with E-state index in [2.05, 4.69) is 22.2 Å². The largest absolute Gasteiger partial charge is 0.494 e. The molecule has 3 fully saturated rings. The van der Waals surface area contributed by atoms with Gasteiger partial charge in [-0.2, -0.15) is 0 Å². The van der Waals surface area contributed by atoms with Crippen LogP contribution in [0, 0.1) is 5.92 Å². The number of hydrazine groups is 1. The lowest BCUT2D eigenvalue weighted by molar-refractivity contribution is -0.134. The summed E-state index contributed by atoms with van der Waals surface area (Å²) in [6, 6.07) is 27.0. The number of rotatable bonds is 5. The van der Waals surface area contributed by atoms with Crippen LogP contribution in [0.1, 0.15) is 30.5 Å². The maximum absolute atomic E-state index is 14.5. The van der Waals surface area contributed by atoms with Gasteiger partial charge in [0, 0.05) is 13.1 Å². The molecule has 3 aromatic rings. The van der Waals surface area contributed by atoms with E-state index in [0.29, 0.717) is 12.3 Å². The van der Waals surface area contributed by atoms with Gasteiger partial charge in [0.05, 0.1) is 24.3 Å². The molecule has 0 radical (unpaired) electrons. The third-order valence-electron chi connectivity index (χ3n) is 7.34. The molecule has 3 atom stereocenters. The Morgan fingerprint density at radius 1 is 0.882 bits per heavy atom. The second-order valence-electron chi connectivity index (χ2n) is 9.01. The maximum atomic E-state index is 14.5. The van der Waals surface area contributed by atoms with E-state index in [1.807, 2.05) is 67.6 Å². The van der Waals surface area contributed by atoms with Crippen molar-refractivity contribution in [3.8, 4) is 5.75 Å². The molecule has 34 heavy (non-hydrogen) atoms. The molecule has 3 aliphatic heterocycles. The Labute approximate surface area is 199 Å². The van der Waals surface area contributed by atoms with Gasteiger partial charge >= 0.3 is 0 Å². The Hall–Kier alpha value is -3.48. The molecule has 0 saturated carbocycles. The van der Waals surface area contributed by atoms with Crippen LogP contribution in [-0.4, -0.2) is 41.5 Å². The van der Waals surface area contributed by atoms with Crippen LogP contribution < -0.4 is 9.64 Å². The third-order valence-corrected chi connectivity index (χ3v) is 7.34. The van der Waals surface area contributed by atoms with Crippen molar-refractivity contribution in [2.45, 2.75) is 24.9 Å². The number of carbonyl (C=O) groups is 2. The van der Waals surface area contributed by atoms with Crippen molar-refractivity contribution in [3.63, 3.8) is 0 Å². The van der Waals surface area contributed by atoms with Crippen LogP contribution >= 0.6 is 0 Å². The van der Waals surface area contributed by atoms with Crippen LogP contribution in [0.25, 0.3) is 0 Å². The first-order valence-corrected chi connectivity index (χ1v) is 11.9. The molecular weight excluding hydrogens is 426 g/mol. The van der Waals surface area contributed by atoms with Gasteiger partial charge in [0.25, 0.3) is 5.91 Å². The Balaban J connectivity index is 1.54. The molecule has 0 spiro atoms. The highest BCUT2D eigenvalue weighted by atomic mass is 16.5. The second-order valence-corrected chi connectivity index (χ2v) is 9.01. The minimum atomic E-state index is -1.06. The molecule has 3 saturated heterocycles. The Bertz CT molecular complexity index is 1210. The van der Waals surface area contributed by atoms with Crippen molar-refractivity contribution in [2.75, 3.05) is 24.6 Å². The van der Waals surface area contributed by atoms with Crippen LogP contribution in [0.15, 0.2) is 84.9 Å². The van der Waals surface area contributed by atoms with Gasteiger partial charge in [0.2, 0.25) is 5.91 Å². The van der Waals surface area contributed by atoms with E-state index in [1.54, 1.807) is 12.1 Å². The normalized spacial score (nSPS) is 26.7. The molecule has 0 bridgehead atoms. The fourth-order valence-electron chi connectivity index (χ4n) is 6.09. The number of benzene rings is 3. The molecular formula is C28H27N3O3. The quantitative estimate of drug-likeness (QED) is 0.544. The summed E-state index contributed by atoms with van der Waals surface area (Å²) in [5, 5.41) is 4.44. The number of fused-ring (bicyclic) bond motifs is 3. The average Bonchev–Trinajstić information content (AvgIpc) is 3.52. The average molecular weight is 454 g/mol. The van der Waals surface area contributed by atoms with Crippen LogP contribution in [0.5, 0.6) is 5.75 Å². The molecule has 3 heterocycles. The fraction of sp³-hybridized carbons (Fsp3) is 0.286. The summed E-state index contributed by atoms with van der Waals surface area (Å²) < 4.78 is 5.57. The SMILES string of the molecule is CCOc1ccc(N2C(=O)[C@H]3[C@@H](c4ccccc4)N4CCCN4[C@]3(c3ccccc3)C2=O)cc1. The number of carbonyl (C=O) groups excluding carboxylic acids is 2. The van der Waals surface area contributed by atoms with E-state index >= 15 is 0 Å². The molecule has 0 unspecified atom stereocenters. The highest BCUT2D eigenvalue weighted by Gasteiger charge is 2.73. The van der Waals surface area contributed by atoms with E-state index in [0.717, 1.165) is 36.4 Å². The second kappa shape index (κ2) is 8.08. The number of amides is 2. The maximum Gasteiger partial charge on any atom is 0.261 e. The van der Waals surface area contributed by atoms with E-state index in [1.165, 1.54) is 4.90 Å². The molecule has 6 nitrogen and oxygen atoms in total. The molecule has 2 amide bonds. The van der Waals surface area contributed by atoms with Gasteiger partial charge < -0.3 is 4.74 Å². The van der Waals surface area contributed by atoms with Crippen LogP contribution in [0.4, 0.5) is 5.69 Å². The number of hydrogen-bond donors (Lipinski definition) is 0. The van der Waals surface area contributed by atoms with E-state index in [-0.39, 0.29) is 17.9 Å². The topological polar surface area (TPSA) is 53.1 Å². The van der Waals surface area contributed by atoms with Gasteiger partial charge in [-0.3, -0.25) is 9.59 Å². The number of imide groups is 1. The lowest BCUT2D eigenvalue weighted by Crippen LogP contribution is -2.52. The highest BCUT2D eigenvalue weighted by molar-refractivity contribution is 6.26. The van der Waals surface area contributed by atoms with Crippen molar-refractivity contribution in [1.29, 1.82) is 0 Å². The van der Waals surface area contributed by atoms with Gasteiger partial charge in [0.1, 0.15) is 5.75 Å². The minimum absolute atomic E-state index is 0.152. The van der Waals surface area contributed by atoms with Gasteiger partial charge in [0.15, 0.2) is 5.54 Å². The van der Waals surface area contributed by atoms with Crippen molar-refractivity contribution >= 4 is 17.5 Å². The van der Waals surface area contributed by atoms with Gasteiger partial charge in [-0.1, -0.05) is 60.7 Å². The molecule has 6 rings (SSSR count). The zero-order chi connectivity index (χ0) is 23.3. The lowest BCUT2D eigenvalue weighted by Gasteiger charge is -2.36. The Morgan fingerprint density at radius 3 is 2.24 bits per heavy atom. The summed E-state index contributed by atoms with van der Waals surface area (Å²) in [5.74, 6) is -0.155.